The van der Waals surface area contributed by atoms with Crippen molar-refractivity contribution in [2.75, 3.05) is 7.11 Å². The number of ether oxygens (including phenoxy) is 1. The van der Waals surface area contributed by atoms with Crippen molar-refractivity contribution < 1.29 is 22.7 Å². The maximum Gasteiger partial charge on any atom is 0.416 e. The highest BCUT2D eigenvalue weighted by molar-refractivity contribution is 6.26. The molecule has 0 saturated heterocycles. The van der Waals surface area contributed by atoms with Crippen LogP contribution < -0.4 is 4.74 Å². The molecule has 0 unspecified atom stereocenters. The molecule has 124 valence electrons. The summed E-state index contributed by atoms with van der Waals surface area (Å²) in [6, 6.07) is 10.3. The minimum absolute atomic E-state index is 0.0179. The second-order valence-electron chi connectivity index (χ2n) is 5.59. The standard InChI is InChI=1S/C19H15F3O2/c1-24-18-4-2-3-14-15(18)9-10-17(23)16(14)11-12-5-7-13(8-6-12)19(20,21)22/h2-8,11H,9-10H2,1H3/b16-11+. The average molecular weight is 332 g/mol. The van der Waals surface area contributed by atoms with E-state index in [-0.39, 0.29) is 5.78 Å². The molecule has 0 aliphatic heterocycles. The van der Waals surface area contributed by atoms with Gasteiger partial charge in [0.15, 0.2) is 5.78 Å². The van der Waals surface area contributed by atoms with Gasteiger partial charge in [-0.3, -0.25) is 4.79 Å². The van der Waals surface area contributed by atoms with Crippen molar-refractivity contribution in [3.63, 3.8) is 0 Å². The molecule has 1 aliphatic rings. The fraction of sp³-hybridized carbons (Fsp3) is 0.211. The van der Waals surface area contributed by atoms with Crippen molar-refractivity contribution in [1.29, 1.82) is 0 Å². The Kier molecular flexibility index (Phi) is 4.18. The predicted octanol–water partition coefficient (Wildman–Crippen LogP) is 4.77. The van der Waals surface area contributed by atoms with E-state index in [0.717, 1.165) is 29.0 Å². The van der Waals surface area contributed by atoms with Gasteiger partial charge in [-0.25, -0.2) is 0 Å². The van der Waals surface area contributed by atoms with Gasteiger partial charge in [0.1, 0.15) is 5.75 Å². The second kappa shape index (κ2) is 6.15. The lowest BCUT2D eigenvalue weighted by Gasteiger charge is -2.20. The quantitative estimate of drug-likeness (QED) is 0.741. The van der Waals surface area contributed by atoms with Gasteiger partial charge in [-0.2, -0.15) is 13.2 Å². The van der Waals surface area contributed by atoms with E-state index in [0.29, 0.717) is 24.0 Å². The van der Waals surface area contributed by atoms with Gasteiger partial charge in [0.25, 0.3) is 0 Å². The van der Waals surface area contributed by atoms with Crippen LogP contribution >= 0.6 is 0 Å². The van der Waals surface area contributed by atoms with Crippen LogP contribution in [0.15, 0.2) is 42.5 Å². The lowest BCUT2D eigenvalue weighted by atomic mass is 9.85. The summed E-state index contributed by atoms with van der Waals surface area (Å²) in [4.78, 5) is 12.3. The first-order valence-corrected chi connectivity index (χ1v) is 7.48. The molecule has 3 rings (SSSR count). The monoisotopic (exact) mass is 332 g/mol. The van der Waals surface area contributed by atoms with Crippen LogP contribution in [0.4, 0.5) is 13.2 Å². The van der Waals surface area contributed by atoms with E-state index >= 15 is 0 Å². The first kappa shape index (κ1) is 16.3. The van der Waals surface area contributed by atoms with Gasteiger partial charge in [0, 0.05) is 17.6 Å². The third-order valence-corrected chi connectivity index (χ3v) is 4.09. The van der Waals surface area contributed by atoms with E-state index in [9.17, 15) is 18.0 Å². The van der Waals surface area contributed by atoms with Crippen LogP contribution in [0, 0.1) is 0 Å². The first-order valence-electron chi connectivity index (χ1n) is 7.48. The van der Waals surface area contributed by atoms with Crippen molar-refractivity contribution >= 4 is 17.4 Å². The molecular weight excluding hydrogens is 317 g/mol. The third-order valence-electron chi connectivity index (χ3n) is 4.09. The lowest BCUT2D eigenvalue weighted by Crippen LogP contribution is -2.13. The Bertz CT molecular complexity index is 802. The Balaban J connectivity index is 2.03. The number of carbonyl (C=O) groups is 1. The van der Waals surface area contributed by atoms with E-state index in [1.54, 1.807) is 19.3 Å². The van der Waals surface area contributed by atoms with Crippen LogP contribution in [0.25, 0.3) is 11.6 Å². The van der Waals surface area contributed by atoms with E-state index in [4.69, 9.17) is 4.74 Å². The number of allylic oxidation sites excluding steroid dienone is 1. The molecule has 0 bridgehead atoms. The number of hydrogen-bond acceptors (Lipinski definition) is 2. The van der Waals surface area contributed by atoms with Crippen LogP contribution in [0.5, 0.6) is 5.75 Å². The van der Waals surface area contributed by atoms with Gasteiger partial charge in [0.05, 0.1) is 12.7 Å². The highest BCUT2D eigenvalue weighted by Crippen LogP contribution is 2.35. The largest absolute Gasteiger partial charge is 0.496 e. The molecule has 1 aliphatic carbocycles. The molecule has 2 aromatic carbocycles. The van der Waals surface area contributed by atoms with Crippen LogP contribution in [0.3, 0.4) is 0 Å². The molecule has 0 fully saturated rings. The number of Topliss-reactive ketones (excluding diaryl/α,β-unsaturated/α-hetero) is 1. The zero-order valence-corrected chi connectivity index (χ0v) is 13.0. The molecule has 24 heavy (non-hydrogen) atoms. The molecular formula is C19H15F3O2. The number of hydrogen-bond donors (Lipinski definition) is 0. The molecule has 0 saturated carbocycles. The van der Waals surface area contributed by atoms with Gasteiger partial charge in [-0.15, -0.1) is 0 Å². The summed E-state index contributed by atoms with van der Waals surface area (Å²) in [5.41, 5.74) is 2.10. The molecule has 0 spiro atoms. The van der Waals surface area contributed by atoms with E-state index in [1.807, 2.05) is 12.1 Å². The van der Waals surface area contributed by atoms with Gasteiger partial charge in [-0.05, 0) is 41.8 Å². The van der Waals surface area contributed by atoms with Gasteiger partial charge in [0.2, 0.25) is 0 Å². The zero-order valence-electron chi connectivity index (χ0n) is 13.0. The van der Waals surface area contributed by atoms with Gasteiger partial charge in [-0.1, -0.05) is 24.3 Å². The predicted molar refractivity (Wildman–Crippen MR) is 85.6 cm³/mol. The molecule has 5 heteroatoms. The number of halogens is 3. The summed E-state index contributed by atoms with van der Waals surface area (Å²) < 4.78 is 43.2. The second-order valence-corrected chi connectivity index (χ2v) is 5.59. The highest BCUT2D eigenvalue weighted by Gasteiger charge is 2.30. The van der Waals surface area contributed by atoms with Gasteiger partial charge < -0.3 is 4.74 Å². The summed E-state index contributed by atoms with van der Waals surface area (Å²) in [6.45, 7) is 0. The number of fused-ring (bicyclic) bond motifs is 1. The summed E-state index contributed by atoms with van der Waals surface area (Å²) in [5, 5.41) is 0. The third kappa shape index (κ3) is 3.07. The van der Waals surface area contributed by atoms with E-state index in [1.165, 1.54) is 12.1 Å². The van der Waals surface area contributed by atoms with E-state index in [2.05, 4.69) is 0 Å². The summed E-state index contributed by atoms with van der Waals surface area (Å²) in [6.07, 6.45) is -1.77. The van der Waals surface area contributed by atoms with Crippen molar-refractivity contribution in [2.45, 2.75) is 19.0 Å². The molecule has 2 nitrogen and oxygen atoms in total. The molecule has 0 aromatic heterocycles. The molecule has 0 N–H and O–H groups in total. The highest BCUT2D eigenvalue weighted by atomic mass is 19.4. The number of carbonyl (C=O) groups excluding carboxylic acids is 1. The summed E-state index contributed by atoms with van der Waals surface area (Å²) in [5.74, 6) is 0.703. The summed E-state index contributed by atoms with van der Waals surface area (Å²) >= 11 is 0. The van der Waals surface area contributed by atoms with Crippen LogP contribution in [-0.4, -0.2) is 12.9 Å². The Labute approximate surface area is 137 Å². The molecule has 0 heterocycles. The average Bonchev–Trinajstić information content (AvgIpc) is 2.56. The van der Waals surface area contributed by atoms with Crippen molar-refractivity contribution in [3.8, 4) is 5.75 Å². The fourth-order valence-corrected chi connectivity index (χ4v) is 2.88. The maximum atomic E-state index is 12.6. The Morgan fingerprint density at radius 3 is 2.38 bits per heavy atom. The zero-order chi connectivity index (χ0) is 17.3. The summed E-state index contributed by atoms with van der Waals surface area (Å²) in [7, 11) is 1.57. The fourth-order valence-electron chi connectivity index (χ4n) is 2.88. The minimum Gasteiger partial charge on any atom is -0.496 e. The molecule has 0 atom stereocenters. The van der Waals surface area contributed by atoms with Crippen molar-refractivity contribution in [3.05, 3.63) is 64.7 Å². The van der Waals surface area contributed by atoms with Crippen molar-refractivity contribution in [2.24, 2.45) is 0 Å². The molecule has 0 amide bonds. The molecule has 2 aromatic rings. The van der Waals surface area contributed by atoms with Crippen LogP contribution in [0.1, 0.15) is 28.7 Å². The van der Waals surface area contributed by atoms with Crippen LogP contribution in [0.2, 0.25) is 0 Å². The number of benzene rings is 2. The van der Waals surface area contributed by atoms with Gasteiger partial charge >= 0.3 is 6.18 Å². The normalized spacial score (nSPS) is 16.2. The number of ketones is 1. The number of rotatable bonds is 2. The smallest absolute Gasteiger partial charge is 0.416 e. The van der Waals surface area contributed by atoms with Crippen LogP contribution in [-0.2, 0) is 17.4 Å². The maximum absolute atomic E-state index is 12.6. The van der Waals surface area contributed by atoms with E-state index < -0.39 is 11.7 Å². The Morgan fingerprint density at radius 1 is 1.04 bits per heavy atom. The lowest BCUT2D eigenvalue weighted by molar-refractivity contribution is -0.137. The van der Waals surface area contributed by atoms with Crippen molar-refractivity contribution in [1.82, 2.24) is 0 Å². The Hall–Kier alpha value is -2.56. The minimum atomic E-state index is -4.37. The molecule has 0 radical (unpaired) electrons. The SMILES string of the molecule is COc1cccc2c1CCC(=O)/C2=C/c1ccc(C(F)(F)F)cc1. The number of methoxy groups -OCH3 is 1. The Morgan fingerprint density at radius 2 is 1.75 bits per heavy atom. The topological polar surface area (TPSA) is 26.3 Å². The first-order chi connectivity index (χ1) is 11.4. The number of alkyl halides is 3.